The number of nitrogens with zero attached hydrogens (tertiary/aromatic N) is 3. The number of hydrogen-bond acceptors (Lipinski definition) is 5. The van der Waals surface area contributed by atoms with E-state index in [1.807, 2.05) is 0 Å². The van der Waals surface area contributed by atoms with Crippen LogP contribution in [0.2, 0.25) is 0 Å². The van der Waals surface area contributed by atoms with E-state index in [0.717, 1.165) is 30.5 Å². The predicted octanol–water partition coefficient (Wildman–Crippen LogP) is 1.78. The van der Waals surface area contributed by atoms with E-state index in [1.54, 1.807) is 18.6 Å². The molecule has 1 aromatic rings. The normalized spacial score (nSPS) is 24.9. The van der Waals surface area contributed by atoms with Crippen molar-refractivity contribution >= 4 is 17.8 Å². The first-order chi connectivity index (χ1) is 8.70. The van der Waals surface area contributed by atoms with Crippen molar-refractivity contribution in [1.82, 2.24) is 9.97 Å². The first-order valence-electron chi connectivity index (χ1n) is 5.98. The third-order valence-electron chi connectivity index (χ3n) is 3.05. The number of hydrogen-bond donors (Lipinski definition) is 1. The Morgan fingerprint density at radius 3 is 3.06 bits per heavy atom. The quantitative estimate of drug-likeness (QED) is 0.635. The minimum Gasteiger partial charge on any atom is -0.396 e. The summed E-state index contributed by atoms with van der Waals surface area (Å²) in [5.41, 5.74) is 7.73. The van der Waals surface area contributed by atoms with E-state index in [2.05, 4.69) is 21.9 Å². The molecule has 94 valence electrons. The lowest BCUT2D eigenvalue weighted by Gasteiger charge is -2.23. The fraction of sp³-hybridized carbons (Fsp3) is 0.385. The molecule has 1 aliphatic carbocycles. The van der Waals surface area contributed by atoms with Gasteiger partial charge in [-0.15, -0.1) is 0 Å². The molecule has 1 unspecified atom stereocenters. The molecule has 1 heterocycles. The van der Waals surface area contributed by atoms with Crippen molar-refractivity contribution in [2.75, 3.05) is 0 Å². The summed E-state index contributed by atoms with van der Waals surface area (Å²) in [6.45, 7) is 2.17. The summed E-state index contributed by atoms with van der Waals surface area (Å²) < 4.78 is 0. The molecule has 0 amide bonds. The molecule has 2 N–H and O–H groups in total. The Kier molecular flexibility index (Phi) is 3.82. The standard InChI is InChI=1S/C13H16N4O/c1-9-2-3-10(11(14)8-18)12(6-9)17-13-7-15-4-5-16-13/h4-5,7-9H,2-3,6,14H2,1H3. The Bertz CT molecular complexity index is 493. The zero-order valence-electron chi connectivity index (χ0n) is 10.3. The first kappa shape index (κ1) is 12.4. The van der Waals surface area contributed by atoms with Gasteiger partial charge in [-0.25, -0.2) is 9.98 Å². The molecular weight excluding hydrogens is 228 g/mol. The summed E-state index contributed by atoms with van der Waals surface area (Å²) in [5, 5.41) is 0. The Labute approximate surface area is 106 Å². The first-order valence-corrected chi connectivity index (χ1v) is 5.98. The molecule has 1 aromatic heterocycles. The van der Waals surface area contributed by atoms with Crippen molar-refractivity contribution in [1.29, 1.82) is 0 Å². The molecule has 0 aromatic carbocycles. The smallest absolute Gasteiger partial charge is 0.170 e. The molecule has 5 nitrogen and oxygen atoms in total. The van der Waals surface area contributed by atoms with Gasteiger partial charge in [-0.2, -0.15) is 0 Å². The highest BCUT2D eigenvalue weighted by Gasteiger charge is 2.21. The van der Waals surface area contributed by atoms with E-state index in [1.165, 1.54) is 0 Å². The molecule has 5 heteroatoms. The predicted molar refractivity (Wildman–Crippen MR) is 69.4 cm³/mol. The van der Waals surface area contributed by atoms with Crippen LogP contribution in [0.3, 0.4) is 0 Å². The Balaban J connectivity index is 2.37. The summed E-state index contributed by atoms with van der Waals surface area (Å²) in [4.78, 5) is 23.4. The van der Waals surface area contributed by atoms with Crippen molar-refractivity contribution in [3.05, 3.63) is 29.9 Å². The van der Waals surface area contributed by atoms with Crippen LogP contribution in [-0.2, 0) is 4.79 Å². The molecule has 1 atom stereocenters. The highest BCUT2D eigenvalue weighted by Crippen LogP contribution is 2.28. The van der Waals surface area contributed by atoms with Crippen molar-refractivity contribution < 1.29 is 4.79 Å². The summed E-state index contributed by atoms with van der Waals surface area (Å²) in [7, 11) is 0. The van der Waals surface area contributed by atoms with Gasteiger partial charge in [0.05, 0.1) is 11.9 Å². The topological polar surface area (TPSA) is 81.2 Å². The SMILES string of the molecule is CC1CCC(=C(N)C=O)C(=Nc2cnccn2)C1. The molecule has 0 saturated heterocycles. The van der Waals surface area contributed by atoms with Gasteiger partial charge >= 0.3 is 0 Å². The minimum atomic E-state index is 0.282. The number of carbonyl (C=O) groups is 1. The number of aromatic nitrogens is 2. The van der Waals surface area contributed by atoms with E-state index in [4.69, 9.17) is 5.73 Å². The van der Waals surface area contributed by atoms with E-state index >= 15 is 0 Å². The lowest BCUT2D eigenvalue weighted by molar-refractivity contribution is -0.105. The van der Waals surface area contributed by atoms with Gasteiger partial charge in [0.15, 0.2) is 12.1 Å². The Morgan fingerprint density at radius 1 is 1.56 bits per heavy atom. The third kappa shape index (κ3) is 2.80. The van der Waals surface area contributed by atoms with Crippen LogP contribution in [0.15, 0.2) is 34.9 Å². The van der Waals surface area contributed by atoms with Crippen molar-refractivity contribution in [3.8, 4) is 0 Å². The van der Waals surface area contributed by atoms with Gasteiger partial charge in [0.25, 0.3) is 0 Å². The maximum absolute atomic E-state index is 10.8. The highest BCUT2D eigenvalue weighted by atomic mass is 16.1. The molecule has 0 aliphatic heterocycles. The maximum Gasteiger partial charge on any atom is 0.170 e. The molecular formula is C13H16N4O. The number of allylic oxidation sites excluding steroid dienone is 2. The Morgan fingerprint density at radius 2 is 2.39 bits per heavy atom. The summed E-state index contributed by atoms with van der Waals surface area (Å²) in [6.07, 6.45) is 8.13. The lowest BCUT2D eigenvalue weighted by Crippen LogP contribution is -2.20. The number of aldehydes is 1. The van der Waals surface area contributed by atoms with Crippen molar-refractivity contribution in [3.63, 3.8) is 0 Å². The fourth-order valence-corrected chi connectivity index (χ4v) is 2.07. The van der Waals surface area contributed by atoms with E-state index in [9.17, 15) is 4.79 Å². The molecule has 0 spiro atoms. The molecule has 0 radical (unpaired) electrons. The average Bonchev–Trinajstić information content (AvgIpc) is 2.39. The van der Waals surface area contributed by atoms with Crippen LogP contribution in [0, 0.1) is 5.92 Å². The van der Waals surface area contributed by atoms with Crippen LogP contribution in [-0.4, -0.2) is 22.0 Å². The second-order valence-electron chi connectivity index (χ2n) is 4.52. The van der Waals surface area contributed by atoms with Gasteiger partial charge < -0.3 is 5.73 Å². The van der Waals surface area contributed by atoms with Gasteiger partial charge in [-0.3, -0.25) is 9.78 Å². The summed E-state index contributed by atoms with van der Waals surface area (Å²) in [6, 6.07) is 0. The largest absolute Gasteiger partial charge is 0.396 e. The second kappa shape index (κ2) is 5.53. The van der Waals surface area contributed by atoms with Gasteiger partial charge in [0.2, 0.25) is 0 Å². The molecule has 1 saturated carbocycles. The third-order valence-corrected chi connectivity index (χ3v) is 3.05. The molecule has 1 fully saturated rings. The zero-order valence-corrected chi connectivity index (χ0v) is 10.3. The van der Waals surface area contributed by atoms with Crippen molar-refractivity contribution in [2.45, 2.75) is 26.2 Å². The number of carbonyl (C=O) groups excluding carboxylic acids is 1. The van der Waals surface area contributed by atoms with Gasteiger partial charge in [0, 0.05) is 18.1 Å². The van der Waals surface area contributed by atoms with E-state index in [-0.39, 0.29) is 5.70 Å². The zero-order chi connectivity index (χ0) is 13.0. The van der Waals surface area contributed by atoms with Gasteiger partial charge in [0.1, 0.15) is 0 Å². The number of rotatable bonds is 2. The van der Waals surface area contributed by atoms with Crippen molar-refractivity contribution in [2.24, 2.45) is 16.6 Å². The van der Waals surface area contributed by atoms with Crippen LogP contribution in [0.4, 0.5) is 5.82 Å². The fourth-order valence-electron chi connectivity index (χ4n) is 2.07. The molecule has 2 rings (SSSR count). The highest BCUT2D eigenvalue weighted by molar-refractivity contribution is 6.05. The van der Waals surface area contributed by atoms with Gasteiger partial charge in [-0.1, -0.05) is 6.92 Å². The van der Waals surface area contributed by atoms with Crippen LogP contribution >= 0.6 is 0 Å². The van der Waals surface area contributed by atoms with Gasteiger partial charge in [-0.05, 0) is 30.8 Å². The molecule has 18 heavy (non-hydrogen) atoms. The average molecular weight is 244 g/mol. The second-order valence-corrected chi connectivity index (χ2v) is 4.52. The Hall–Kier alpha value is -2.04. The summed E-state index contributed by atoms with van der Waals surface area (Å²) >= 11 is 0. The summed E-state index contributed by atoms with van der Waals surface area (Å²) in [5.74, 6) is 1.10. The lowest BCUT2D eigenvalue weighted by atomic mass is 9.84. The van der Waals surface area contributed by atoms with Crippen LogP contribution in [0.5, 0.6) is 0 Å². The number of nitrogens with two attached hydrogens (primary N) is 1. The van der Waals surface area contributed by atoms with E-state index in [0.29, 0.717) is 18.0 Å². The van der Waals surface area contributed by atoms with Crippen LogP contribution in [0.25, 0.3) is 0 Å². The number of aliphatic imine (C=N–C) groups is 1. The van der Waals surface area contributed by atoms with Crippen LogP contribution in [0.1, 0.15) is 26.2 Å². The van der Waals surface area contributed by atoms with E-state index < -0.39 is 0 Å². The van der Waals surface area contributed by atoms with Crippen LogP contribution < -0.4 is 5.73 Å². The molecule has 0 bridgehead atoms. The minimum absolute atomic E-state index is 0.282. The maximum atomic E-state index is 10.8. The monoisotopic (exact) mass is 244 g/mol. The molecule has 1 aliphatic rings.